The van der Waals surface area contributed by atoms with Crippen molar-refractivity contribution < 1.29 is 19.6 Å². The fourth-order valence-electron chi connectivity index (χ4n) is 1.56. The molecule has 4 N–H and O–H groups in total. The van der Waals surface area contributed by atoms with Crippen molar-refractivity contribution in [3.63, 3.8) is 0 Å². The lowest BCUT2D eigenvalue weighted by atomic mass is 10.1. The molecule has 1 rings (SSSR count). The molecule has 0 saturated carbocycles. The monoisotopic (exact) mass is 281 g/mol. The molecule has 108 valence electrons. The van der Waals surface area contributed by atoms with Gasteiger partial charge in [-0.2, -0.15) is 0 Å². The van der Waals surface area contributed by atoms with Gasteiger partial charge in [-0.1, -0.05) is 0 Å². The van der Waals surface area contributed by atoms with E-state index in [4.69, 9.17) is 10.8 Å². The summed E-state index contributed by atoms with van der Waals surface area (Å²) in [5.74, 6) is -2.00. The van der Waals surface area contributed by atoms with E-state index in [2.05, 4.69) is 5.32 Å². The van der Waals surface area contributed by atoms with Gasteiger partial charge in [-0.25, -0.2) is 0 Å². The molecule has 0 aliphatic carbocycles. The van der Waals surface area contributed by atoms with Crippen molar-refractivity contribution in [1.82, 2.24) is 0 Å². The number of amides is 1. The molecule has 0 saturated heterocycles. The molecular formula is C12H15N3O5. The molecule has 20 heavy (non-hydrogen) atoms. The zero-order valence-electron chi connectivity index (χ0n) is 11.0. The minimum absolute atomic E-state index is 0.00365. The number of aliphatic carboxylic acids is 1. The Morgan fingerprint density at radius 3 is 2.45 bits per heavy atom. The number of hydrogen-bond donors (Lipinski definition) is 3. The lowest BCUT2D eigenvalue weighted by molar-refractivity contribution is -0.384. The summed E-state index contributed by atoms with van der Waals surface area (Å²) < 4.78 is 0. The quantitative estimate of drug-likeness (QED) is 0.543. The maximum atomic E-state index is 11.7. The highest BCUT2D eigenvalue weighted by atomic mass is 16.6. The number of carboxylic acid groups (broad SMARTS) is 1. The van der Waals surface area contributed by atoms with E-state index in [1.807, 2.05) is 0 Å². The third kappa shape index (κ3) is 3.75. The number of nitrogens with zero attached hydrogens (tertiary/aromatic N) is 1. The van der Waals surface area contributed by atoms with E-state index in [9.17, 15) is 19.7 Å². The third-order valence-corrected chi connectivity index (χ3v) is 2.80. The van der Waals surface area contributed by atoms with Crippen LogP contribution in [0.5, 0.6) is 0 Å². The number of nitrogens with one attached hydrogen (secondary N) is 1. The topological polar surface area (TPSA) is 136 Å². The Kier molecular flexibility index (Phi) is 4.76. The number of aryl methyl sites for hydroxylation is 2. The molecule has 1 aromatic carbocycles. The number of nitro benzene ring substituents is 1. The first-order valence-corrected chi connectivity index (χ1v) is 5.76. The second kappa shape index (κ2) is 6.11. The van der Waals surface area contributed by atoms with Crippen molar-refractivity contribution >= 4 is 23.3 Å². The molecule has 0 aromatic heterocycles. The van der Waals surface area contributed by atoms with Crippen LogP contribution in [0, 0.1) is 24.0 Å². The fourth-order valence-corrected chi connectivity index (χ4v) is 1.56. The average Bonchev–Trinajstić information content (AvgIpc) is 2.32. The van der Waals surface area contributed by atoms with Crippen molar-refractivity contribution in [2.45, 2.75) is 26.3 Å². The summed E-state index contributed by atoms with van der Waals surface area (Å²) in [6, 6.07) is 1.53. The molecule has 1 unspecified atom stereocenters. The van der Waals surface area contributed by atoms with Gasteiger partial charge in [0.2, 0.25) is 5.91 Å². The normalized spacial score (nSPS) is 11.8. The molecule has 0 fully saturated rings. The van der Waals surface area contributed by atoms with Crippen LogP contribution in [-0.4, -0.2) is 27.9 Å². The summed E-state index contributed by atoms with van der Waals surface area (Å²) in [5.41, 5.74) is 6.62. The number of carbonyl (C=O) groups excluding carboxylic acids is 1. The highest BCUT2D eigenvalue weighted by Gasteiger charge is 2.22. The lowest BCUT2D eigenvalue weighted by Gasteiger charge is -2.12. The Balaban J connectivity index is 3.02. The highest BCUT2D eigenvalue weighted by Crippen LogP contribution is 2.28. The average molecular weight is 281 g/mol. The van der Waals surface area contributed by atoms with Gasteiger partial charge in [0.25, 0.3) is 5.69 Å². The maximum Gasteiger partial charge on any atom is 0.305 e. The van der Waals surface area contributed by atoms with Crippen LogP contribution in [-0.2, 0) is 9.59 Å². The van der Waals surface area contributed by atoms with Crippen LogP contribution in [0.4, 0.5) is 11.4 Å². The molecule has 0 radical (unpaired) electrons. The molecular weight excluding hydrogens is 266 g/mol. The first-order chi connectivity index (χ1) is 9.22. The summed E-state index contributed by atoms with van der Waals surface area (Å²) >= 11 is 0. The largest absolute Gasteiger partial charge is 0.481 e. The SMILES string of the molecule is Cc1cc(NC(=O)C(N)CC(=O)O)c([N+](=O)[O-])cc1C. The molecule has 8 nitrogen and oxygen atoms in total. The standard InChI is InChI=1S/C12H15N3O5/c1-6-3-9(10(15(19)20)4-7(6)2)14-12(18)8(13)5-11(16)17/h3-4,8H,5,13H2,1-2H3,(H,14,18)(H,16,17). The van der Waals surface area contributed by atoms with Crippen molar-refractivity contribution in [2.75, 3.05) is 5.32 Å². The van der Waals surface area contributed by atoms with Crippen molar-refractivity contribution in [3.05, 3.63) is 33.4 Å². The van der Waals surface area contributed by atoms with Crippen LogP contribution in [0.2, 0.25) is 0 Å². The van der Waals surface area contributed by atoms with Gasteiger partial charge in [-0.3, -0.25) is 19.7 Å². The summed E-state index contributed by atoms with van der Waals surface area (Å²) in [6.07, 6.45) is -0.551. The number of benzene rings is 1. The van der Waals surface area contributed by atoms with E-state index in [0.29, 0.717) is 5.56 Å². The van der Waals surface area contributed by atoms with Crippen molar-refractivity contribution in [1.29, 1.82) is 0 Å². The van der Waals surface area contributed by atoms with Crippen molar-refractivity contribution in [3.8, 4) is 0 Å². The van der Waals surface area contributed by atoms with Gasteiger partial charge in [0.15, 0.2) is 0 Å². The summed E-state index contributed by atoms with van der Waals surface area (Å²) in [7, 11) is 0. The number of hydrogen-bond acceptors (Lipinski definition) is 5. The molecule has 0 spiro atoms. The molecule has 0 aliphatic rings. The first-order valence-electron chi connectivity index (χ1n) is 5.76. The van der Waals surface area contributed by atoms with Gasteiger partial charge in [0.1, 0.15) is 5.69 Å². The van der Waals surface area contributed by atoms with Crippen molar-refractivity contribution in [2.24, 2.45) is 5.73 Å². The van der Waals surface area contributed by atoms with Gasteiger partial charge in [-0.05, 0) is 31.0 Å². The van der Waals surface area contributed by atoms with E-state index in [1.165, 1.54) is 12.1 Å². The van der Waals surface area contributed by atoms with Gasteiger partial charge in [0, 0.05) is 6.07 Å². The van der Waals surface area contributed by atoms with Gasteiger partial charge in [-0.15, -0.1) is 0 Å². The summed E-state index contributed by atoms with van der Waals surface area (Å²) in [4.78, 5) is 32.5. The van der Waals surface area contributed by atoms with E-state index < -0.39 is 29.3 Å². The maximum absolute atomic E-state index is 11.7. The first kappa shape index (κ1) is 15.6. The number of anilines is 1. The zero-order valence-corrected chi connectivity index (χ0v) is 11.0. The minimum atomic E-state index is -1.27. The molecule has 0 heterocycles. The Morgan fingerprint density at radius 2 is 1.95 bits per heavy atom. The number of nitrogens with two attached hydrogens (primary N) is 1. The van der Waals surface area contributed by atoms with E-state index in [1.54, 1.807) is 13.8 Å². The number of nitro groups is 1. The predicted octanol–water partition coefficient (Wildman–Crippen LogP) is 0.952. The van der Waals surface area contributed by atoms with Crippen LogP contribution >= 0.6 is 0 Å². The smallest absolute Gasteiger partial charge is 0.305 e. The third-order valence-electron chi connectivity index (χ3n) is 2.80. The fraction of sp³-hybridized carbons (Fsp3) is 0.333. The zero-order chi connectivity index (χ0) is 15.4. The summed E-state index contributed by atoms with van der Waals surface area (Å²) in [6.45, 7) is 3.45. The Labute approximate surface area is 114 Å². The predicted molar refractivity (Wildman–Crippen MR) is 71.4 cm³/mol. The lowest BCUT2D eigenvalue weighted by Crippen LogP contribution is -2.37. The van der Waals surface area contributed by atoms with Crippen LogP contribution in [0.15, 0.2) is 12.1 Å². The Bertz CT molecular complexity index is 570. The summed E-state index contributed by atoms with van der Waals surface area (Å²) in [5, 5.41) is 21.8. The molecule has 1 amide bonds. The highest BCUT2D eigenvalue weighted by molar-refractivity contribution is 5.98. The number of carboxylic acids is 1. The van der Waals surface area contributed by atoms with Crippen LogP contribution < -0.4 is 11.1 Å². The van der Waals surface area contributed by atoms with Crippen LogP contribution in [0.3, 0.4) is 0 Å². The van der Waals surface area contributed by atoms with Gasteiger partial charge in [0.05, 0.1) is 17.4 Å². The second-order valence-corrected chi connectivity index (χ2v) is 4.40. The molecule has 0 bridgehead atoms. The van der Waals surface area contributed by atoms with E-state index in [-0.39, 0.29) is 11.4 Å². The van der Waals surface area contributed by atoms with Crippen LogP contribution in [0.25, 0.3) is 0 Å². The van der Waals surface area contributed by atoms with E-state index >= 15 is 0 Å². The molecule has 0 aliphatic heterocycles. The molecule has 1 atom stereocenters. The second-order valence-electron chi connectivity index (χ2n) is 4.40. The van der Waals surface area contributed by atoms with Gasteiger partial charge < -0.3 is 16.2 Å². The Hall–Kier alpha value is -2.48. The number of rotatable bonds is 5. The number of carbonyl (C=O) groups is 2. The van der Waals surface area contributed by atoms with Crippen LogP contribution in [0.1, 0.15) is 17.5 Å². The molecule has 8 heteroatoms. The Morgan fingerprint density at radius 1 is 1.40 bits per heavy atom. The minimum Gasteiger partial charge on any atom is -0.481 e. The molecule has 1 aromatic rings. The van der Waals surface area contributed by atoms with E-state index in [0.717, 1.165) is 5.56 Å². The van der Waals surface area contributed by atoms with Gasteiger partial charge >= 0.3 is 5.97 Å².